The van der Waals surface area contributed by atoms with Gasteiger partial charge in [-0.3, -0.25) is 0 Å². The van der Waals surface area contributed by atoms with Crippen LogP contribution in [-0.2, 0) is 4.74 Å². The fourth-order valence-electron chi connectivity index (χ4n) is 2.18. The Labute approximate surface area is 101 Å². The third-order valence-corrected chi connectivity index (χ3v) is 4.35. The van der Waals surface area contributed by atoms with Gasteiger partial charge in [0.1, 0.15) is 0 Å². The number of rotatable bonds is 4. The maximum Gasteiger partial charge on any atom is 0.183 e. The predicted molar refractivity (Wildman–Crippen MR) is 68.1 cm³/mol. The van der Waals surface area contributed by atoms with E-state index in [1.807, 2.05) is 6.92 Å². The summed E-state index contributed by atoms with van der Waals surface area (Å²) in [6.07, 6.45) is 1.47. The van der Waals surface area contributed by atoms with Crippen LogP contribution < -0.4 is 5.32 Å². The summed E-state index contributed by atoms with van der Waals surface area (Å²) < 4.78 is 5.71. The number of hydrogen-bond acceptors (Lipinski definition) is 4. The zero-order valence-electron chi connectivity index (χ0n) is 10.4. The van der Waals surface area contributed by atoms with Crippen LogP contribution in [0.15, 0.2) is 5.38 Å². The maximum absolute atomic E-state index is 5.71. The molecule has 1 aromatic heterocycles. The molecule has 0 aromatic carbocycles. The van der Waals surface area contributed by atoms with Gasteiger partial charge in [-0.05, 0) is 20.3 Å². The van der Waals surface area contributed by atoms with E-state index in [-0.39, 0.29) is 5.41 Å². The molecule has 0 bridgehead atoms. The van der Waals surface area contributed by atoms with Crippen molar-refractivity contribution in [3.63, 3.8) is 0 Å². The lowest BCUT2D eigenvalue weighted by molar-refractivity contribution is -0.0975. The second kappa shape index (κ2) is 4.34. The van der Waals surface area contributed by atoms with Crippen LogP contribution in [-0.4, -0.2) is 23.7 Å². The van der Waals surface area contributed by atoms with Crippen molar-refractivity contribution < 1.29 is 4.74 Å². The van der Waals surface area contributed by atoms with Gasteiger partial charge in [-0.25, -0.2) is 4.98 Å². The largest absolute Gasteiger partial charge is 0.378 e. The van der Waals surface area contributed by atoms with E-state index < -0.39 is 0 Å². The van der Waals surface area contributed by atoms with Crippen molar-refractivity contribution in [1.29, 1.82) is 0 Å². The molecule has 2 rings (SSSR count). The standard InChI is InChI=1S/C12H20N2OS/c1-5-15-10-6-9(12(10,3)4)14-11-13-8(2)7-16-11/h7,9-10H,5-6H2,1-4H3,(H,13,14). The van der Waals surface area contributed by atoms with E-state index in [1.54, 1.807) is 11.3 Å². The SMILES string of the molecule is CCOC1CC(Nc2nc(C)cs2)C1(C)C. The summed E-state index contributed by atoms with van der Waals surface area (Å²) >= 11 is 1.68. The Hall–Kier alpha value is -0.610. The molecule has 2 unspecified atom stereocenters. The smallest absolute Gasteiger partial charge is 0.183 e. The zero-order valence-corrected chi connectivity index (χ0v) is 11.2. The number of thiazole rings is 1. The van der Waals surface area contributed by atoms with Crippen molar-refractivity contribution in [3.05, 3.63) is 11.1 Å². The number of hydrogen-bond donors (Lipinski definition) is 1. The van der Waals surface area contributed by atoms with Gasteiger partial charge < -0.3 is 10.1 Å². The van der Waals surface area contributed by atoms with E-state index in [4.69, 9.17) is 4.74 Å². The molecule has 1 N–H and O–H groups in total. The lowest BCUT2D eigenvalue weighted by Gasteiger charge is -2.51. The second-order valence-electron chi connectivity index (χ2n) is 4.99. The Kier molecular flexibility index (Phi) is 3.22. The number of nitrogens with one attached hydrogen (secondary N) is 1. The van der Waals surface area contributed by atoms with Crippen LogP contribution in [0.2, 0.25) is 0 Å². The van der Waals surface area contributed by atoms with Gasteiger partial charge in [0.25, 0.3) is 0 Å². The highest BCUT2D eigenvalue weighted by Gasteiger charge is 2.49. The van der Waals surface area contributed by atoms with Crippen molar-refractivity contribution >= 4 is 16.5 Å². The van der Waals surface area contributed by atoms with E-state index in [0.29, 0.717) is 12.1 Å². The van der Waals surface area contributed by atoms with Gasteiger partial charge >= 0.3 is 0 Å². The molecule has 0 saturated heterocycles. The van der Waals surface area contributed by atoms with Crippen molar-refractivity contribution in [2.75, 3.05) is 11.9 Å². The average molecular weight is 240 g/mol. The number of ether oxygens (including phenoxy) is 1. The molecule has 90 valence electrons. The summed E-state index contributed by atoms with van der Waals surface area (Å²) in [5, 5.41) is 6.62. The van der Waals surface area contributed by atoms with Crippen LogP contribution in [0.25, 0.3) is 0 Å². The Morgan fingerprint density at radius 2 is 2.38 bits per heavy atom. The molecule has 1 saturated carbocycles. The Morgan fingerprint density at radius 3 is 2.88 bits per heavy atom. The minimum atomic E-state index is 0.204. The van der Waals surface area contributed by atoms with Crippen LogP contribution in [0.5, 0.6) is 0 Å². The first-order valence-corrected chi connectivity index (χ1v) is 6.72. The van der Waals surface area contributed by atoms with Crippen LogP contribution >= 0.6 is 11.3 Å². The minimum Gasteiger partial charge on any atom is -0.378 e. The van der Waals surface area contributed by atoms with E-state index in [0.717, 1.165) is 23.9 Å². The fourth-order valence-corrected chi connectivity index (χ4v) is 2.93. The van der Waals surface area contributed by atoms with Crippen molar-refractivity contribution in [1.82, 2.24) is 4.98 Å². The molecule has 3 nitrogen and oxygen atoms in total. The summed E-state index contributed by atoms with van der Waals surface area (Å²) in [6.45, 7) is 9.40. The minimum absolute atomic E-state index is 0.204. The van der Waals surface area contributed by atoms with Crippen LogP contribution in [0.4, 0.5) is 5.13 Å². The molecule has 1 aromatic rings. The maximum atomic E-state index is 5.71. The number of aryl methyl sites for hydroxylation is 1. The van der Waals surface area contributed by atoms with Crippen LogP contribution in [0.1, 0.15) is 32.9 Å². The third kappa shape index (κ3) is 2.09. The highest BCUT2D eigenvalue weighted by Crippen LogP contribution is 2.44. The number of nitrogens with zero attached hydrogens (tertiary/aromatic N) is 1. The zero-order chi connectivity index (χ0) is 11.8. The van der Waals surface area contributed by atoms with Gasteiger partial charge in [-0.1, -0.05) is 13.8 Å². The molecule has 16 heavy (non-hydrogen) atoms. The average Bonchev–Trinajstić information content (AvgIpc) is 2.63. The second-order valence-corrected chi connectivity index (χ2v) is 5.85. The number of aromatic nitrogens is 1. The van der Waals surface area contributed by atoms with E-state index in [2.05, 4.69) is 36.5 Å². The quantitative estimate of drug-likeness (QED) is 0.878. The first-order valence-electron chi connectivity index (χ1n) is 5.84. The summed E-state index contributed by atoms with van der Waals surface area (Å²) in [5.74, 6) is 0. The summed E-state index contributed by atoms with van der Waals surface area (Å²) in [5.41, 5.74) is 1.29. The first-order chi connectivity index (χ1) is 7.54. The van der Waals surface area contributed by atoms with Crippen LogP contribution in [0, 0.1) is 12.3 Å². The topological polar surface area (TPSA) is 34.1 Å². The fraction of sp³-hybridized carbons (Fsp3) is 0.750. The van der Waals surface area contributed by atoms with Gasteiger partial charge in [0.2, 0.25) is 0 Å². The van der Waals surface area contributed by atoms with E-state index >= 15 is 0 Å². The van der Waals surface area contributed by atoms with Gasteiger partial charge in [-0.15, -0.1) is 11.3 Å². The molecule has 1 heterocycles. The molecule has 1 aliphatic carbocycles. The van der Waals surface area contributed by atoms with Crippen molar-refractivity contribution in [2.45, 2.75) is 46.3 Å². The molecule has 4 heteroatoms. The lowest BCUT2D eigenvalue weighted by Crippen LogP contribution is -2.58. The Balaban J connectivity index is 1.94. The summed E-state index contributed by atoms with van der Waals surface area (Å²) in [4.78, 5) is 4.44. The highest BCUT2D eigenvalue weighted by molar-refractivity contribution is 7.13. The molecule has 1 fully saturated rings. The summed E-state index contributed by atoms with van der Waals surface area (Å²) in [6, 6.07) is 0.481. The Bertz CT molecular complexity index is 362. The number of anilines is 1. The van der Waals surface area contributed by atoms with Gasteiger partial charge in [-0.2, -0.15) is 0 Å². The Morgan fingerprint density at radius 1 is 1.62 bits per heavy atom. The molecule has 0 amide bonds. The van der Waals surface area contributed by atoms with Gasteiger partial charge in [0.05, 0.1) is 11.8 Å². The lowest BCUT2D eigenvalue weighted by atomic mass is 9.64. The third-order valence-electron chi connectivity index (χ3n) is 3.46. The molecule has 2 atom stereocenters. The predicted octanol–water partition coefficient (Wildman–Crippen LogP) is 3.07. The highest BCUT2D eigenvalue weighted by atomic mass is 32.1. The first kappa shape index (κ1) is 11.9. The van der Waals surface area contributed by atoms with E-state index in [1.165, 1.54) is 0 Å². The molecule has 0 aliphatic heterocycles. The van der Waals surface area contributed by atoms with Gasteiger partial charge in [0, 0.05) is 23.4 Å². The molecule has 0 radical (unpaired) electrons. The van der Waals surface area contributed by atoms with Gasteiger partial charge in [0.15, 0.2) is 5.13 Å². The molecule has 1 aliphatic rings. The monoisotopic (exact) mass is 240 g/mol. The van der Waals surface area contributed by atoms with Crippen molar-refractivity contribution in [3.8, 4) is 0 Å². The summed E-state index contributed by atoms with van der Waals surface area (Å²) in [7, 11) is 0. The van der Waals surface area contributed by atoms with E-state index in [9.17, 15) is 0 Å². The molecule has 0 spiro atoms. The molecular weight excluding hydrogens is 220 g/mol. The molecular formula is C12H20N2OS. The normalized spacial score (nSPS) is 27.5. The van der Waals surface area contributed by atoms with Crippen molar-refractivity contribution in [2.24, 2.45) is 5.41 Å². The van der Waals surface area contributed by atoms with Crippen LogP contribution in [0.3, 0.4) is 0 Å².